The van der Waals surface area contributed by atoms with Crippen LogP contribution in [0.1, 0.15) is 95.9 Å². The van der Waals surface area contributed by atoms with Gasteiger partial charge in [0.1, 0.15) is 17.7 Å². The smallest absolute Gasteiger partial charge is 0.408 e. The van der Waals surface area contributed by atoms with Gasteiger partial charge in [0, 0.05) is 12.6 Å². The van der Waals surface area contributed by atoms with Crippen molar-refractivity contribution in [3.63, 3.8) is 0 Å². The Morgan fingerprint density at radius 2 is 1.78 bits per heavy atom. The number of hydrogen-bond acceptors (Lipinski definition) is 4. The Bertz CT molecular complexity index is 947. The van der Waals surface area contributed by atoms with Crippen molar-refractivity contribution in [3.8, 4) is 0 Å². The van der Waals surface area contributed by atoms with Crippen molar-refractivity contribution in [2.45, 2.75) is 111 Å². The van der Waals surface area contributed by atoms with E-state index in [4.69, 9.17) is 4.74 Å². The largest absolute Gasteiger partial charge is 0.444 e. The second kappa shape index (κ2) is 13.6. The van der Waals surface area contributed by atoms with Gasteiger partial charge in [-0.15, -0.1) is 6.58 Å². The summed E-state index contributed by atoms with van der Waals surface area (Å²) in [7, 11) is 0. The van der Waals surface area contributed by atoms with Crippen LogP contribution in [0.4, 0.5) is 4.79 Å². The molecule has 0 heterocycles. The molecule has 1 fully saturated rings. The molecule has 3 amide bonds. The third-order valence-electron chi connectivity index (χ3n) is 7.12. The van der Waals surface area contributed by atoms with Gasteiger partial charge < -0.3 is 20.3 Å². The average Bonchev–Trinajstić information content (AvgIpc) is 2.83. The predicted octanol–water partition coefficient (Wildman–Crippen LogP) is 5.75. The Labute approximate surface area is 223 Å². The molecule has 1 aliphatic rings. The molecule has 1 aromatic rings. The third kappa shape index (κ3) is 8.90. The molecule has 7 heteroatoms. The maximum absolute atomic E-state index is 14.1. The molecule has 0 spiro atoms. The Kier molecular flexibility index (Phi) is 11.2. The second-order valence-corrected chi connectivity index (χ2v) is 11.4. The van der Waals surface area contributed by atoms with Crippen molar-refractivity contribution < 1.29 is 19.1 Å². The maximum atomic E-state index is 14.1. The summed E-state index contributed by atoms with van der Waals surface area (Å²) >= 11 is 0. The SMILES string of the molecule is C=CCN(C(=O)C(NC(=O)OC(C)(C)C)C(C)CC)C(C(=O)NC1CCCCC1)c1ccc(C)c(C)c1. The summed E-state index contributed by atoms with van der Waals surface area (Å²) in [5.74, 6) is -0.707. The van der Waals surface area contributed by atoms with E-state index in [9.17, 15) is 14.4 Å². The molecule has 0 bridgehead atoms. The molecule has 37 heavy (non-hydrogen) atoms. The molecule has 206 valence electrons. The van der Waals surface area contributed by atoms with Crippen molar-refractivity contribution in [2.24, 2.45) is 5.92 Å². The summed E-state index contributed by atoms with van der Waals surface area (Å²) in [5, 5.41) is 6.01. The average molecular weight is 514 g/mol. The first-order valence-electron chi connectivity index (χ1n) is 13.7. The van der Waals surface area contributed by atoms with E-state index in [1.807, 2.05) is 45.9 Å². The number of ether oxygens (including phenoxy) is 1. The summed E-state index contributed by atoms with van der Waals surface area (Å²) in [6.07, 6.45) is 6.87. The predicted molar refractivity (Wildman–Crippen MR) is 148 cm³/mol. The van der Waals surface area contributed by atoms with E-state index in [-0.39, 0.29) is 30.3 Å². The fourth-order valence-corrected chi connectivity index (χ4v) is 4.69. The number of amides is 3. The number of rotatable bonds is 10. The summed E-state index contributed by atoms with van der Waals surface area (Å²) in [4.78, 5) is 42.2. The number of nitrogens with zero attached hydrogens (tertiary/aromatic N) is 1. The molecule has 2 rings (SSSR count). The van der Waals surface area contributed by atoms with Gasteiger partial charge >= 0.3 is 6.09 Å². The summed E-state index contributed by atoms with van der Waals surface area (Å²) in [6.45, 7) is 17.3. The number of alkyl carbamates (subject to hydrolysis) is 1. The Morgan fingerprint density at radius 1 is 1.14 bits per heavy atom. The van der Waals surface area contributed by atoms with Gasteiger partial charge in [-0.1, -0.05) is 63.8 Å². The van der Waals surface area contributed by atoms with Crippen molar-refractivity contribution in [3.05, 3.63) is 47.5 Å². The van der Waals surface area contributed by atoms with E-state index in [1.165, 1.54) is 6.42 Å². The molecule has 3 atom stereocenters. The zero-order chi connectivity index (χ0) is 27.8. The molecule has 0 saturated heterocycles. The van der Waals surface area contributed by atoms with Gasteiger partial charge in [0.05, 0.1) is 0 Å². The van der Waals surface area contributed by atoms with Crippen LogP contribution in [-0.4, -0.2) is 47.0 Å². The molecule has 0 aliphatic heterocycles. The normalized spacial score (nSPS) is 16.7. The number of carbonyl (C=O) groups is 3. The lowest BCUT2D eigenvalue weighted by molar-refractivity contribution is -0.143. The van der Waals surface area contributed by atoms with E-state index < -0.39 is 23.8 Å². The quantitative estimate of drug-likeness (QED) is 0.390. The van der Waals surface area contributed by atoms with E-state index >= 15 is 0 Å². The lowest BCUT2D eigenvalue weighted by Crippen LogP contribution is -2.55. The summed E-state index contributed by atoms with van der Waals surface area (Å²) in [6, 6.07) is 4.27. The first-order chi connectivity index (χ1) is 17.4. The molecule has 2 N–H and O–H groups in total. The maximum Gasteiger partial charge on any atom is 0.408 e. The van der Waals surface area contributed by atoms with Crippen LogP contribution in [0.15, 0.2) is 30.9 Å². The first-order valence-corrected chi connectivity index (χ1v) is 13.7. The summed E-state index contributed by atoms with van der Waals surface area (Å²) in [5.41, 5.74) is 2.20. The number of carbonyl (C=O) groups excluding carboxylic acids is 3. The standard InChI is InChI=1S/C30H47N3O4/c1-9-18-33(28(35)25(20(3)10-2)32-29(36)37-30(6,7)8)26(23-17-16-21(4)22(5)19-23)27(34)31-24-14-12-11-13-15-24/h9,16-17,19-20,24-26H,1,10-15,18H2,2-8H3,(H,31,34)(H,32,36). The molecule has 1 saturated carbocycles. The first kappa shape index (κ1) is 30.4. The topological polar surface area (TPSA) is 87.7 Å². The van der Waals surface area contributed by atoms with Gasteiger partial charge in [-0.05, 0) is 70.1 Å². The van der Waals surface area contributed by atoms with Gasteiger partial charge in [0.2, 0.25) is 11.8 Å². The van der Waals surface area contributed by atoms with E-state index in [0.717, 1.165) is 42.4 Å². The van der Waals surface area contributed by atoms with Crippen molar-refractivity contribution in [2.75, 3.05) is 6.54 Å². The van der Waals surface area contributed by atoms with Crippen LogP contribution in [-0.2, 0) is 14.3 Å². The fourth-order valence-electron chi connectivity index (χ4n) is 4.69. The minimum atomic E-state index is -0.851. The fraction of sp³-hybridized carbons (Fsp3) is 0.633. The Morgan fingerprint density at radius 3 is 2.32 bits per heavy atom. The molecule has 0 radical (unpaired) electrons. The number of aryl methyl sites for hydroxylation is 2. The minimum Gasteiger partial charge on any atom is -0.444 e. The van der Waals surface area contributed by atoms with Crippen molar-refractivity contribution in [1.29, 1.82) is 0 Å². The lowest BCUT2D eigenvalue weighted by atomic mass is 9.93. The van der Waals surface area contributed by atoms with Gasteiger partial charge in [-0.25, -0.2) is 4.79 Å². The zero-order valence-corrected chi connectivity index (χ0v) is 23.9. The van der Waals surface area contributed by atoms with Gasteiger partial charge in [0.15, 0.2) is 0 Å². The second-order valence-electron chi connectivity index (χ2n) is 11.4. The Hall–Kier alpha value is -2.83. The molecular weight excluding hydrogens is 466 g/mol. The number of hydrogen-bond donors (Lipinski definition) is 2. The van der Waals surface area contributed by atoms with Crippen LogP contribution in [0.5, 0.6) is 0 Å². The molecule has 3 unspecified atom stereocenters. The number of nitrogens with one attached hydrogen (secondary N) is 2. The minimum absolute atomic E-state index is 0.0984. The van der Waals surface area contributed by atoms with Gasteiger partial charge in [-0.2, -0.15) is 0 Å². The van der Waals surface area contributed by atoms with E-state index in [2.05, 4.69) is 17.2 Å². The monoisotopic (exact) mass is 513 g/mol. The van der Waals surface area contributed by atoms with E-state index in [0.29, 0.717) is 6.42 Å². The summed E-state index contributed by atoms with van der Waals surface area (Å²) < 4.78 is 5.45. The molecular formula is C30H47N3O4. The molecule has 7 nitrogen and oxygen atoms in total. The highest BCUT2D eigenvalue weighted by Gasteiger charge is 2.38. The van der Waals surface area contributed by atoms with Crippen molar-refractivity contribution >= 4 is 17.9 Å². The lowest BCUT2D eigenvalue weighted by Gasteiger charge is -2.36. The highest BCUT2D eigenvalue weighted by molar-refractivity contribution is 5.92. The van der Waals surface area contributed by atoms with Crippen LogP contribution in [0.3, 0.4) is 0 Å². The molecule has 1 aromatic carbocycles. The number of benzene rings is 1. The van der Waals surface area contributed by atoms with Crippen LogP contribution in [0.25, 0.3) is 0 Å². The van der Waals surface area contributed by atoms with Crippen molar-refractivity contribution in [1.82, 2.24) is 15.5 Å². The van der Waals surface area contributed by atoms with E-state index in [1.54, 1.807) is 31.7 Å². The highest BCUT2D eigenvalue weighted by Crippen LogP contribution is 2.27. The van der Waals surface area contributed by atoms with Crippen LogP contribution < -0.4 is 10.6 Å². The van der Waals surface area contributed by atoms with Crippen LogP contribution in [0.2, 0.25) is 0 Å². The third-order valence-corrected chi connectivity index (χ3v) is 7.12. The Balaban J connectivity index is 2.48. The highest BCUT2D eigenvalue weighted by atomic mass is 16.6. The molecule has 1 aliphatic carbocycles. The van der Waals surface area contributed by atoms with Crippen LogP contribution >= 0.6 is 0 Å². The molecule has 0 aromatic heterocycles. The van der Waals surface area contributed by atoms with Gasteiger partial charge in [0.25, 0.3) is 0 Å². The zero-order valence-electron chi connectivity index (χ0n) is 23.9. The van der Waals surface area contributed by atoms with Crippen LogP contribution in [0, 0.1) is 19.8 Å². The van der Waals surface area contributed by atoms with Gasteiger partial charge in [-0.3, -0.25) is 9.59 Å².